The van der Waals surface area contributed by atoms with Crippen molar-refractivity contribution in [3.05, 3.63) is 76.1 Å². The number of nitrogens with two attached hydrogens (primary N) is 1. The molecule has 32 heavy (non-hydrogen) atoms. The normalized spacial score (nSPS) is 19.3. The van der Waals surface area contributed by atoms with Gasteiger partial charge in [0.2, 0.25) is 11.8 Å². The Labute approximate surface area is 188 Å². The number of rotatable bonds is 3. The van der Waals surface area contributed by atoms with Crippen molar-refractivity contribution < 1.29 is 18.2 Å². The maximum absolute atomic E-state index is 15.7. The Bertz CT molecular complexity index is 1260. The van der Waals surface area contributed by atoms with Crippen molar-refractivity contribution in [2.45, 2.75) is 25.8 Å². The largest absolute Gasteiger partial charge is 0.366 e. The summed E-state index contributed by atoms with van der Waals surface area (Å²) in [6.45, 7) is 4.53. The Morgan fingerprint density at radius 1 is 1.19 bits per heavy atom. The van der Waals surface area contributed by atoms with Crippen LogP contribution in [0.15, 0.2) is 42.5 Å². The zero-order valence-electron chi connectivity index (χ0n) is 17.6. The number of carbonyl (C=O) groups is 2. The van der Waals surface area contributed by atoms with Gasteiger partial charge in [-0.25, -0.2) is 4.39 Å². The molecule has 7 heteroatoms. The highest BCUT2D eigenvalue weighted by molar-refractivity contribution is 7.85. The van der Waals surface area contributed by atoms with Crippen molar-refractivity contribution in [1.29, 1.82) is 0 Å². The number of benzene rings is 2. The van der Waals surface area contributed by atoms with Gasteiger partial charge in [-0.1, -0.05) is 30.4 Å². The van der Waals surface area contributed by atoms with Crippen LogP contribution in [0.4, 0.5) is 4.39 Å². The first-order valence-corrected chi connectivity index (χ1v) is 12.1. The van der Waals surface area contributed by atoms with Gasteiger partial charge >= 0.3 is 0 Å². The first kappa shape index (κ1) is 20.8. The van der Waals surface area contributed by atoms with Gasteiger partial charge in [0, 0.05) is 46.5 Å². The molecule has 1 atom stereocenters. The van der Waals surface area contributed by atoms with E-state index in [0.29, 0.717) is 55.0 Å². The van der Waals surface area contributed by atoms with Crippen molar-refractivity contribution in [2.24, 2.45) is 5.73 Å². The summed E-state index contributed by atoms with van der Waals surface area (Å²) in [5.41, 5.74) is 12.5. The summed E-state index contributed by atoms with van der Waals surface area (Å²) < 4.78 is 28.0. The first-order valence-electron chi connectivity index (χ1n) is 10.6. The predicted octanol–water partition coefficient (Wildman–Crippen LogP) is 3.12. The van der Waals surface area contributed by atoms with Crippen molar-refractivity contribution >= 4 is 28.2 Å². The van der Waals surface area contributed by atoms with E-state index in [2.05, 4.69) is 6.58 Å². The molecule has 0 saturated carbocycles. The van der Waals surface area contributed by atoms with Crippen molar-refractivity contribution in [2.75, 3.05) is 18.1 Å². The second-order valence-electron chi connectivity index (χ2n) is 8.45. The van der Waals surface area contributed by atoms with Crippen molar-refractivity contribution in [3.63, 3.8) is 0 Å². The van der Waals surface area contributed by atoms with E-state index in [4.69, 9.17) is 5.73 Å². The fourth-order valence-corrected chi connectivity index (χ4v) is 6.52. The lowest BCUT2D eigenvalue weighted by Gasteiger charge is -2.30. The van der Waals surface area contributed by atoms with Crippen LogP contribution in [-0.4, -0.2) is 39.0 Å². The van der Waals surface area contributed by atoms with E-state index >= 15 is 4.39 Å². The molecule has 1 unspecified atom stereocenters. The molecular weight excluding hydrogens is 427 g/mol. The second kappa shape index (κ2) is 7.81. The number of hydrogen-bond acceptors (Lipinski definition) is 3. The number of amides is 2. The number of hydrogen-bond donors (Lipinski definition) is 1. The fourth-order valence-electron chi connectivity index (χ4n) is 5.23. The van der Waals surface area contributed by atoms with Gasteiger partial charge in [-0.2, -0.15) is 0 Å². The number of allylic oxidation sites excluding steroid dienone is 1. The Morgan fingerprint density at radius 2 is 2.00 bits per heavy atom. The highest BCUT2D eigenvalue weighted by atomic mass is 32.2. The molecule has 5 rings (SSSR count). The third kappa shape index (κ3) is 3.23. The molecule has 2 heterocycles. The molecule has 164 valence electrons. The van der Waals surface area contributed by atoms with E-state index in [1.165, 1.54) is 12.1 Å². The molecule has 0 aromatic heterocycles. The quantitative estimate of drug-likeness (QED) is 0.730. The van der Waals surface area contributed by atoms with Gasteiger partial charge in [-0.15, -0.1) is 0 Å². The summed E-state index contributed by atoms with van der Waals surface area (Å²) in [5.74, 6) is -0.321. The van der Waals surface area contributed by atoms with Crippen LogP contribution < -0.4 is 5.73 Å². The Morgan fingerprint density at radius 3 is 2.75 bits per heavy atom. The Kier molecular flexibility index (Phi) is 5.08. The molecule has 5 nitrogen and oxygen atoms in total. The average Bonchev–Trinajstić information content (AvgIpc) is 3.15. The first-order chi connectivity index (χ1) is 15.4. The van der Waals surface area contributed by atoms with Crippen LogP contribution in [-0.2, 0) is 35.0 Å². The Hall–Kier alpha value is -3.06. The minimum Gasteiger partial charge on any atom is -0.366 e. The third-order valence-electron chi connectivity index (χ3n) is 6.73. The van der Waals surface area contributed by atoms with Gasteiger partial charge in [0.05, 0.1) is 0 Å². The minimum atomic E-state index is -1.01. The molecule has 0 spiro atoms. The van der Waals surface area contributed by atoms with Crippen LogP contribution in [0, 0.1) is 5.82 Å². The average molecular weight is 451 g/mol. The van der Waals surface area contributed by atoms with Gasteiger partial charge in [0.25, 0.3) is 0 Å². The summed E-state index contributed by atoms with van der Waals surface area (Å²) in [4.78, 5) is 25.9. The van der Waals surface area contributed by atoms with Gasteiger partial charge in [0.1, 0.15) is 5.82 Å². The summed E-state index contributed by atoms with van der Waals surface area (Å²) in [5, 5.41) is 0. The van der Waals surface area contributed by atoms with Crippen molar-refractivity contribution in [3.8, 4) is 11.1 Å². The van der Waals surface area contributed by atoms with E-state index in [-0.39, 0.29) is 11.5 Å². The van der Waals surface area contributed by atoms with E-state index < -0.39 is 22.5 Å². The van der Waals surface area contributed by atoms with Gasteiger partial charge in [-0.3, -0.25) is 13.8 Å². The van der Waals surface area contributed by atoms with Crippen LogP contribution >= 0.6 is 0 Å². The number of primary amides is 1. The third-order valence-corrected chi connectivity index (χ3v) is 8.00. The summed E-state index contributed by atoms with van der Waals surface area (Å²) in [6, 6.07) is 6.97. The standard InChI is InChI=1S/C25H23FN2O3S/c1-2-22(29)28-8-6-16-15(12-28)4-3-5-17(16)24-21(26)11-19(25(27)30)18-10-14-7-9-32(31)13-20(14)23(18)24/h2-5,11H,1,6-10,12-13H2,(H2,27,30). The molecular formula is C25H23FN2O3S. The van der Waals surface area contributed by atoms with Gasteiger partial charge in [0.15, 0.2) is 0 Å². The van der Waals surface area contributed by atoms with Gasteiger partial charge < -0.3 is 10.6 Å². The molecule has 2 amide bonds. The van der Waals surface area contributed by atoms with Crippen LogP contribution in [0.1, 0.15) is 39.0 Å². The van der Waals surface area contributed by atoms with Crippen LogP contribution in [0.2, 0.25) is 0 Å². The number of fused-ring (bicyclic) bond motifs is 3. The molecule has 0 fully saturated rings. The molecule has 2 aromatic rings. The summed E-state index contributed by atoms with van der Waals surface area (Å²) in [6.07, 6.45) is 3.13. The monoisotopic (exact) mass is 450 g/mol. The predicted molar refractivity (Wildman–Crippen MR) is 123 cm³/mol. The minimum absolute atomic E-state index is 0.126. The van der Waals surface area contributed by atoms with Crippen LogP contribution in [0.3, 0.4) is 0 Å². The fraction of sp³-hybridized carbons (Fsp3) is 0.280. The zero-order valence-corrected chi connectivity index (χ0v) is 18.4. The maximum Gasteiger partial charge on any atom is 0.249 e. The molecule has 0 bridgehead atoms. The molecule has 0 saturated heterocycles. The Balaban J connectivity index is 1.72. The summed E-state index contributed by atoms with van der Waals surface area (Å²) >= 11 is 0. The van der Waals surface area contributed by atoms with E-state index in [1.807, 2.05) is 18.2 Å². The second-order valence-corrected chi connectivity index (χ2v) is 10.0. The number of carbonyl (C=O) groups excluding carboxylic acids is 2. The number of halogens is 1. The topological polar surface area (TPSA) is 80.5 Å². The molecule has 1 aliphatic carbocycles. The van der Waals surface area contributed by atoms with E-state index in [9.17, 15) is 13.8 Å². The molecule has 2 aromatic carbocycles. The van der Waals surface area contributed by atoms with E-state index in [0.717, 1.165) is 33.4 Å². The van der Waals surface area contributed by atoms with Crippen molar-refractivity contribution in [1.82, 2.24) is 4.90 Å². The molecule has 0 radical (unpaired) electrons. The van der Waals surface area contributed by atoms with Crippen LogP contribution in [0.5, 0.6) is 0 Å². The maximum atomic E-state index is 15.7. The molecule has 2 N–H and O–H groups in total. The van der Waals surface area contributed by atoms with E-state index in [1.54, 1.807) is 4.90 Å². The lowest BCUT2D eigenvalue weighted by Crippen LogP contribution is -2.35. The zero-order chi connectivity index (χ0) is 22.6. The van der Waals surface area contributed by atoms with Crippen LogP contribution in [0.25, 0.3) is 16.7 Å². The number of nitrogens with zero attached hydrogens (tertiary/aromatic N) is 1. The smallest absolute Gasteiger partial charge is 0.249 e. The SMILES string of the molecule is C=CC(=O)N1CCc2c(cccc2-c2c(F)cc(C(N)=O)c3c2C2=C(CCS(=O)C2)C3)C1. The summed E-state index contributed by atoms with van der Waals surface area (Å²) in [7, 11) is -1.01. The lowest BCUT2D eigenvalue weighted by molar-refractivity contribution is -0.126. The highest BCUT2D eigenvalue weighted by Crippen LogP contribution is 2.46. The van der Waals surface area contributed by atoms with Gasteiger partial charge in [-0.05, 0) is 64.8 Å². The highest BCUT2D eigenvalue weighted by Gasteiger charge is 2.34. The molecule has 2 aliphatic heterocycles. The molecule has 3 aliphatic rings. The lowest BCUT2D eigenvalue weighted by atomic mass is 9.85.